The van der Waals surface area contributed by atoms with Crippen molar-refractivity contribution in [3.63, 3.8) is 0 Å². The van der Waals surface area contributed by atoms with Crippen molar-refractivity contribution in [2.45, 2.75) is 10.9 Å². The van der Waals surface area contributed by atoms with E-state index in [0.29, 0.717) is 27.5 Å². The van der Waals surface area contributed by atoms with E-state index in [1.807, 2.05) is 42.5 Å². The van der Waals surface area contributed by atoms with Crippen LogP contribution in [0.1, 0.15) is 15.9 Å². The molecule has 2 aromatic carbocycles. The van der Waals surface area contributed by atoms with Crippen molar-refractivity contribution < 1.29 is 9.53 Å². The Balaban J connectivity index is 1.59. The van der Waals surface area contributed by atoms with E-state index in [4.69, 9.17) is 4.74 Å². The number of hydrogen-bond acceptors (Lipinski definition) is 6. The summed E-state index contributed by atoms with van der Waals surface area (Å²) < 4.78 is 6.35. The van der Waals surface area contributed by atoms with E-state index in [-0.39, 0.29) is 11.5 Å². The van der Waals surface area contributed by atoms with Crippen LogP contribution in [0.4, 0.5) is 0 Å². The highest BCUT2D eigenvalue weighted by Crippen LogP contribution is 2.21. The van der Waals surface area contributed by atoms with Crippen LogP contribution >= 0.6 is 11.8 Å². The first-order valence-corrected chi connectivity index (χ1v) is 9.48. The van der Waals surface area contributed by atoms with Crippen LogP contribution < -0.4 is 5.56 Å². The fraction of sp³-hybridized carbons (Fsp3) is 0.100. The molecule has 140 valence electrons. The van der Waals surface area contributed by atoms with Crippen LogP contribution in [-0.4, -0.2) is 32.8 Å². The molecule has 0 fully saturated rings. The number of aromatic amines is 1. The molecule has 0 aliphatic rings. The van der Waals surface area contributed by atoms with Crippen LogP contribution in [0, 0.1) is 0 Å². The molecule has 0 saturated heterocycles. The Bertz CT molecular complexity index is 1180. The predicted octanol–water partition coefficient (Wildman–Crippen LogP) is 3.19. The molecule has 8 heteroatoms. The lowest BCUT2D eigenvalue weighted by Gasteiger charge is -2.05. The van der Waals surface area contributed by atoms with Gasteiger partial charge in [-0.3, -0.25) is 4.79 Å². The number of para-hydroxylation sites is 1. The molecular formula is C20H16N4O3S. The number of esters is 1. The normalized spacial score (nSPS) is 10.9. The minimum Gasteiger partial charge on any atom is -0.465 e. The molecule has 2 aromatic heterocycles. The Morgan fingerprint density at radius 2 is 1.89 bits per heavy atom. The highest BCUT2D eigenvalue weighted by atomic mass is 32.2. The predicted molar refractivity (Wildman–Crippen MR) is 107 cm³/mol. The highest BCUT2D eigenvalue weighted by molar-refractivity contribution is 7.98. The monoisotopic (exact) mass is 392 g/mol. The smallest absolute Gasteiger partial charge is 0.337 e. The van der Waals surface area contributed by atoms with Gasteiger partial charge >= 0.3 is 5.97 Å². The number of nitrogens with one attached hydrogen (secondary N) is 1. The largest absolute Gasteiger partial charge is 0.465 e. The molecule has 0 amide bonds. The maximum absolute atomic E-state index is 12.4. The molecule has 0 unspecified atom stereocenters. The van der Waals surface area contributed by atoms with Crippen molar-refractivity contribution in [1.82, 2.24) is 19.7 Å². The minimum absolute atomic E-state index is 0.226. The van der Waals surface area contributed by atoms with E-state index >= 15 is 0 Å². The average molecular weight is 392 g/mol. The van der Waals surface area contributed by atoms with Crippen LogP contribution in [0.25, 0.3) is 16.7 Å². The van der Waals surface area contributed by atoms with Crippen LogP contribution in [-0.2, 0) is 10.5 Å². The topological polar surface area (TPSA) is 89.9 Å². The lowest BCUT2D eigenvalue weighted by atomic mass is 10.1. The third kappa shape index (κ3) is 3.54. The molecule has 0 bridgehead atoms. The summed E-state index contributed by atoms with van der Waals surface area (Å²) in [6, 6.07) is 16.7. The van der Waals surface area contributed by atoms with Gasteiger partial charge in [-0.1, -0.05) is 42.1 Å². The van der Waals surface area contributed by atoms with Gasteiger partial charge in [-0.2, -0.15) is 5.10 Å². The summed E-state index contributed by atoms with van der Waals surface area (Å²) in [5, 5.41) is 5.25. The molecule has 4 aromatic rings. The first-order chi connectivity index (χ1) is 13.7. The van der Waals surface area contributed by atoms with Crippen molar-refractivity contribution in [2.24, 2.45) is 0 Å². The Morgan fingerprint density at radius 3 is 2.61 bits per heavy atom. The fourth-order valence-electron chi connectivity index (χ4n) is 2.73. The van der Waals surface area contributed by atoms with Crippen molar-refractivity contribution in [2.75, 3.05) is 7.11 Å². The second-order valence-corrected chi connectivity index (χ2v) is 6.94. The fourth-order valence-corrected chi connectivity index (χ4v) is 3.54. The molecule has 2 heterocycles. The van der Waals surface area contributed by atoms with Crippen molar-refractivity contribution in [3.8, 4) is 5.69 Å². The van der Waals surface area contributed by atoms with Crippen molar-refractivity contribution in [1.29, 1.82) is 0 Å². The number of thioether (sulfide) groups is 1. The number of carbonyl (C=O) groups excluding carboxylic acids is 1. The van der Waals surface area contributed by atoms with Crippen LogP contribution in [0.5, 0.6) is 0 Å². The zero-order valence-corrected chi connectivity index (χ0v) is 15.8. The third-order valence-electron chi connectivity index (χ3n) is 4.17. The summed E-state index contributed by atoms with van der Waals surface area (Å²) in [7, 11) is 1.35. The van der Waals surface area contributed by atoms with E-state index in [9.17, 15) is 9.59 Å². The second-order valence-electron chi connectivity index (χ2n) is 5.98. The highest BCUT2D eigenvalue weighted by Gasteiger charge is 2.12. The third-order valence-corrected chi connectivity index (χ3v) is 5.11. The molecule has 0 radical (unpaired) electrons. The number of rotatable bonds is 5. The lowest BCUT2D eigenvalue weighted by molar-refractivity contribution is 0.0600. The summed E-state index contributed by atoms with van der Waals surface area (Å²) in [6.07, 6.45) is 1.52. The molecule has 7 nitrogen and oxygen atoms in total. The number of carbonyl (C=O) groups is 1. The molecule has 0 atom stereocenters. The first-order valence-electron chi connectivity index (χ1n) is 8.49. The SMILES string of the molecule is COC(=O)c1ccc(CSc2nc3c(cnn3-c3ccccc3)c(=O)[nH]2)cc1. The van der Waals surface area contributed by atoms with Crippen molar-refractivity contribution in [3.05, 3.63) is 82.3 Å². The molecule has 1 N–H and O–H groups in total. The Hall–Kier alpha value is -3.39. The number of nitrogens with zero attached hydrogens (tertiary/aromatic N) is 3. The van der Waals surface area contributed by atoms with Crippen molar-refractivity contribution >= 4 is 28.8 Å². The standard InChI is InChI=1S/C20H16N4O3S/c1-27-19(26)14-9-7-13(8-10-14)12-28-20-22-17-16(18(25)23-20)11-21-24(17)15-5-3-2-4-6-15/h2-11H,12H2,1H3,(H,22,23,25). The molecule has 28 heavy (non-hydrogen) atoms. The van der Waals surface area contributed by atoms with Gasteiger partial charge in [-0.05, 0) is 29.8 Å². The Kier molecular flexibility index (Phi) is 4.94. The number of fused-ring (bicyclic) bond motifs is 1. The minimum atomic E-state index is -0.371. The molecule has 0 aliphatic heterocycles. The Labute approximate surface area is 164 Å². The number of methoxy groups -OCH3 is 1. The summed E-state index contributed by atoms with van der Waals surface area (Å²) in [5.74, 6) is 0.222. The first kappa shape index (κ1) is 18.0. The van der Waals surface area contributed by atoms with Gasteiger partial charge in [0, 0.05) is 5.75 Å². The maximum Gasteiger partial charge on any atom is 0.337 e. The average Bonchev–Trinajstić information content (AvgIpc) is 3.17. The van der Waals surface area contributed by atoms with E-state index in [0.717, 1.165) is 11.3 Å². The van der Waals surface area contributed by atoms with E-state index in [2.05, 4.69) is 15.1 Å². The lowest BCUT2D eigenvalue weighted by Crippen LogP contribution is -2.09. The van der Waals surface area contributed by atoms with Gasteiger partial charge in [0.05, 0.1) is 24.6 Å². The summed E-state index contributed by atoms with van der Waals surface area (Å²) in [4.78, 5) is 31.3. The van der Waals surface area contributed by atoms with Gasteiger partial charge < -0.3 is 9.72 Å². The summed E-state index contributed by atoms with van der Waals surface area (Å²) in [6.45, 7) is 0. The summed E-state index contributed by atoms with van der Waals surface area (Å²) >= 11 is 1.41. The van der Waals surface area contributed by atoms with Crippen LogP contribution in [0.15, 0.2) is 70.7 Å². The van der Waals surface area contributed by atoms with E-state index in [1.54, 1.807) is 16.8 Å². The zero-order chi connectivity index (χ0) is 19.5. The van der Waals surface area contributed by atoms with Gasteiger partial charge in [0.25, 0.3) is 5.56 Å². The number of hydrogen-bond donors (Lipinski definition) is 1. The van der Waals surface area contributed by atoms with Gasteiger partial charge in [-0.25, -0.2) is 14.5 Å². The molecule has 0 saturated carbocycles. The zero-order valence-electron chi connectivity index (χ0n) is 15.0. The van der Waals surface area contributed by atoms with Gasteiger partial charge in [-0.15, -0.1) is 0 Å². The van der Waals surface area contributed by atoms with E-state index < -0.39 is 0 Å². The van der Waals surface area contributed by atoms with Gasteiger partial charge in [0.1, 0.15) is 5.39 Å². The number of benzene rings is 2. The van der Waals surface area contributed by atoms with E-state index in [1.165, 1.54) is 25.1 Å². The molecule has 0 aliphatic carbocycles. The quantitative estimate of drug-likeness (QED) is 0.319. The van der Waals surface area contributed by atoms with Gasteiger partial charge in [0.15, 0.2) is 10.8 Å². The maximum atomic E-state index is 12.4. The Morgan fingerprint density at radius 1 is 1.14 bits per heavy atom. The van der Waals surface area contributed by atoms with Crippen LogP contribution in [0.3, 0.4) is 0 Å². The van der Waals surface area contributed by atoms with Gasteiger partial charge in [0.2, 0.25) is 0 Å². The molecule has 0 spiro atoms. The second kappa shape index (κ2) is 7.69. The van der Waals surface area contributed by atoms with Crippen LogP contribution in [0.2, 0.25) is 0 Å². The number of aromatic nitrogens is 4. The summed E-state index contributed by atoms with van der Waals surface area (Å²) in [5.41, 5.74) is 2.62. The number of H-pyrrole nitrogens is 1. The molecule has 4 rings (SSSR count). The number of ether oxygens (including phenoxy) is 1. The molecular weight excluding hydrogens is 376 g/mol.